The van der Waals surface area contributed by atoms with Crippen LogP contribution in [-0.2, 0) is 4.43 Å². The molecular formula is C20H42O3Si2. The predicted octanol–water partition coefficient (Wildman–Crippen LogP) is 5.46. The molecule has 0 aromatic carbocycles. The van der Waals surface area contributed by atoms with E-state index in [9.17, 15) is 9.90 Å². The average Bonchev–Trinajstić information content (AvgIpc) is 2.34. The van der Waals surface area contributed by atoms with Crippen LogP contribution in [0.25, 0.3) is 0 Å². The fourth-order valence-corrected chi connectivity index (χ4v) is 5.55. The van der Waals surface area contributed by atoms with Gasteiger partial charge in [-0.1, -0.05) is 46.3 Å². The van der Waals surface area contributed by atoms with Crippen LogP contribution in [-0.4, -0.2) is 39.2 Å². The van der Waals surface area contributed by atoms with Crippen molar-refractivity contribution < 1.29 is 14.3 Å². The van der Waals surface area contributed by atoms with E-state index in [4.69, 9.17) is 4.43 Å². The summed E-state index contributed by atoms with van der Waals surface area (Å²) in [5, 5.41) is 9.57. The van der Waals surface area contributed by atoms with Gasteiger partial charge in [-0.05, 0) is 67.9 Å². The number of hydrogen-bond acceptors (Lipinski definition) is 3. The Bertz CT molecular complexity index is 432. The summed E-state index contributed by atoms with van der Waals surface area (Å²) >= 11 is 0. The molecule has 1 aliphatic carbocycles. The Morgan fingerprint density at radius 3 is 2.08 bits per heavy atom. The zero-order valence-electron chi connectivity index (χ0n) is 18.1. The van der Waals surface area contributed by atoms with Crippen LogP contribution in [0.3, 0.4) is 0 Å². The largest absolute Gasteiger partial charge is 0.432 e. The molecule has 148 valence electrons. The zero-order chi connectivity index (χ0) is 19.7. The molecule has 1 saturated carbocycles. The van der Waals surface area contributed by atoms with Crippen molar-refractivity contribution in [3.8, 4) is 0 Å². The van der Waals surface area contributed by atoms with Gasteiger partial charge in [-0.2, -0.15) is 0 Å². The van der Waals surface area contributed by atoms with E-state index < -0.39 is 16.6 Å². The highest BCUT2D eigenvalue weighted by atomic mass is 28.4. The van der Waals surface area contributed by atoms with E-state index in [1.165, 1.54) is 5.57 Å². The first kappa shape index (κ1) is 23.1. The average molecular weight is 387 g/mol. The van der Waals surface area contributed by atoms with Crippen LogP contribution in [0.4, 0.5) is 0 Å². The second kappa shape index (κ2) is 7.97. The third-order valence-corrected chi connectivity index (χ3v) is 14.8. The molecule has 0 heterocycles. The second-order valence-electron chi connectivity index (χ2n) is 10.7. The van der Waals surface area contributed by atoms with E-state index in [0.717, 1.165) is 25.7 Å². The van der Waals surface area contributed by atoms with Crippen LogP contribution in [0.15, 0.2) is 11.6 Å². The van der Waals surface area contributed by atoms with Crippen molar-refractivity contribution in [1.82, 2.24) is 0 Å². The van der Waals surface area contributed by atoms with Crippen LogP contribution >= 0.6 is 0 Å². The first-order chi connectivity index (χ1) is 11.1. The Labute approximate surface area is 158 Å². The molecule has 0 radical (unpaired) electrons. The topological polar surface area (TPSA) is 49.7 Å². The van der Waals surface area contributed by atoms with Crippen molar-refractivity contribution in [2.24, 2.45) is 5.92 Å². The Kier molecular flexibility index (Phi) is 7.36. The van der Waals surface area contributed by atoms with Crippen molar-refractivity contribution in [1.29, 1.82) is 0 Å². The van der Waals surface area contributed by atoms with Gasteiger partial charge in [0, 0.05) is 6.10 Å². The minimum Gasteiger partial charge on any atom is -0.432 e. The molecule has 1 rings (SSSR count). The third kappa shape index (κ3) is 6.31. The van der Waals surface area contributed by atoms with Crippen molar-refractivity contribution in [3.63, 3.8) is 0 Å². The highest BCUT2D eigenvalue weighted by Crippen LogP contribution is 2.47. The Morgan fingerprint density at radius 2 is 1.64 bits per heavy atom. The molecule has 0 aliphatic heterocycles. The summed E-state index contributed by atoms with van der Waals surface area (Å²) in [6.07, 6.45) is 6.31. The molecule has 1 fully saturated rings. The fourth-order valence-electron chi connectivity index (χ4n) is 3.39. The van der Waals surface area contributed by atoms with Gasteiger partial charge in [0.15, 0.2) is 16.6 Å². The van der Waals surface area contributed by atoms with E-state index in [-0.39, 0.29) is 22.8 Å². The van der Waals surface area contributed by atoms with Gasteiger partial charge >= 0.3 is 0 Å². The van der Waals surface area contributed by atoms with E-state index in [0.29, 0.717) is 5.92 Å². The molecule has 25 heavy (non-hydrogen) atoms. The lowest BCUT2D eigenvalue weighted by molar-refractivity contribution is 0.123. The maximum absolute atomic E-state index is 10.7. The molecular weight excluding hydrogens is 344 g/mol. The Morgan fingerprint density at radius 1 is 1.08 bits per heavy atom. The van der Waals surface area contributed by atoms with Crippen molar-refractivity contribution >= 4 is 16.6 Å². The molecule has 0 saturated heterocycles. The SMILES string of the molecule is CC(C)(C[C@@H]1C/C(=C\CO)C[C@@H](O[Si](C)(C)C(C)(C)C)C1)[Si](C)(C)O. The quantitative estimate of drug-likeness (QED) is 0.470. The van der Waals surface area contributed by atoms with Gasteiger partial charge in [0.25, 0.3) is 0 Å². The summed E-state index contributed by atoms with van der Waals surface area (Å²) in [5.74, 6) is 0.523. The van der Waals surface area contributed by atoms with Gasteiger partial charge in [0.2, 0.25) is 0 Å². The molecule has 0 unspecified atom stereocenters. The smallest absolute Gasteiger partial charge is 0.192 e. The lowest BCUT2D eigenvalue weighted by Crippen LogP contribution is -2.46. The van der Waals surface area contributed by atoms with E-state index in [1.54, 1.807) is 0 Å². The monoisotopic (exact) mass is 386 g/mol. The predicted molar refractivity (Wildman–Crippen MR) is 113 cm³/mol. The molecule has 0 amide bonds. The van der Waals surface area contributed by atoms with Crippen molar-refractivity contribution in [2.45, 2.75) is 103 Å². The van der Waals surface area contributed by atoms with Crippen LogP contribution in [0.5, 0.6) is 0 Å². The van der Waals surface area contributed by atoms with Gasteiger partial charge in [-0.3, -0.25) is 0 Å². The maximum Gasteiger partial charge on any atom is 0.192 e. The lowest BCUT2D eigenvalue weighted by Gasteiger charge is -2.44. The minimum absolute atomic E-state index is 0.0130. The van der Waals surface area contributed by atoms with E-state index >= 15 is 0 Å². The summed E-state index contributed by atoms with van der Waals surface area (Å²) in [4.78, 5) is 10.7. The third-order valence-electron chi connectivity index (χ3n) is 6.74. The fraction of sp³-hybridized carbons (Fsp3) is 0.900. The van der Waals surface area contributed by atoms with Gasteiger partial charge in [-0.15, -0.1) is 0 Å². The zero-order valence-corrected chi connectivity index (χ0v) is 20.1. The Balaban J connectivity index is 2.94. The van der Waals surface area contributed by atoms with Gasteiger partial charge in [0.05, 0.1) is 6.61 Å². The second-order valence-corrected chi connectivity index (χ2v) is 19.9. The highest BCUT2D eigenvalue weighted by Gasteiger charge is 2.43. The summed E-state index contributed by atoms with van der Waals surface area (Å²) in [6, 6.07) is 0. The summed E-state index contributed by atoms with van der Waals surface area (Å²) in [5.41, 5.74) is 1.33. The van der Waals surface area contributed by atoms with Crippen LogP contribution in [0.1, 0.15) is 60.3 Å². The van der Waals surface area contributed by atoms with E-state index in [2.05, 4.69) is 47.7 Å². The molecule has 0 bridgehead atoms. The molecule has 0 spiro atoms. The van der Waals surface area contributed by atoms with E-state index in [1.807, 2.05) is 19.2 Å². The van der Waals surface area contributed by atoms with Crippen molar-refractivity contribution in [3.05, 3.63) is 11.6 Å². The van der Waals surface area contributed by atoms with Crippen LogP contribution in [0.2, 0.25) is 36.3 Å². The number of hydrogen-bond donors (Lipinski definition) is 2. The summed E-state index contributed by atoms with van der Waals surface area (Å²) in [7, 11) is -4.01. The highest BCUT2D eigenvalue weighted by molar-refractivity contribution is 6.74. The number of rotatable bonds is 6. The number of aliphatic hydroxyl groups is 1. The molecule has 5 heteroatoms. The molecule has 2 atom stereocenters. The van der Waals surface area contributed by atoms with Gasteiger partial charge in [-0.25, -0.2) is 0 Å². The molecule has 1 aliphatic rings. The lowest BCUT2D eigenvalue weighted by atomic mass is 9.79. The molecule has 0 aromatic heterocycles. The minimum atomic E-state index is -2.21. The standard InChI is InChI=1S/C20H42O3Si2/c1-19(2,3)25(8,9)23-18-13-16(10-11-21)12-17(14-18)15-20(4,5)24(6,7)22/h10,17-18,21-22H,11-15H2,1-9H3/b16-10+/t17-,18-/m1/s1. The van der Waals surface area contributed by atoms with Crippen molar-refractivity contribution in [2.75, 3.05) is 6.61 Å². The van der Waals surface area contributed by atoms with Gasteiger partial charge in [0.1, 0.15) is 0 Å². The summed E-state index contributed by atoms with van der Waals surface area (Å²) in [6.45, 7) is 20.1. The molecule has 2 N–H and O–H groups in total. The van der Waals surface area contributed by atoms with Crippen LogP contribution < -0.4 is 0 Å². The Hall–Kier alpha value is 0.0538. The first-order valence-corrected chi connectivity index (χ1v) is 15.6. The maximum atomic E-state index is 10.7. The normalized spacial score (nSPS) is 25.5. The molecule has 0 aromatic rings. The summed E-state index contributed by atoms with van der Waals surface area (Å²) < 4.78 is 6.72. The van der Waals surface area contributed by atoms with Gasteiger partial charge < -0.3 is 14.3 Å². The number of aliphatic hydroxyl groups excluding tert-OH is 1. The first-order valence-electron chi connectivity index (χ1n) is 9.78. The van der Waals surface area contributed by atoms with Crippen LogP contribution in [0, 0.1) is 5.92 Å². The molecule has 3 nitrogen and oxygen atoms in total.